The highest BCUT2D eigenvalue weighted by Crippen LogP contribution is 2.30. The van der Waals surface area contributed by atoms with E-state index in [1.165, 1.54) is 18.2 Å². The molecule has 2 heterocycles. The fourth-order valence-corrected chi connectivity index (χ4v) is 2.19. The molecule has 0 radical (unpaired) electrons. The molecule has 8 nitrogen and oxygen atoms in total. The summed E-state index contributed by atoms with van der Waals surface area (Å²) in [5, 5.41) is 3.50. The Bertz CT molecular complexity index is 545. The van der Waals surface area contributed by atoms with E-state index in [2.05, 4.69) is 35.9 Å². The first-order valence-corrected chi connectivity index (χ1v) is 6.32. The zero-order valence-corrected chi connectivity index (χ0v) is 11.7. The summed E-state index contributed by atoms with van der Waals surface area (Å²) in [4.78, 5) is 24.4. The van der Waals surface area contributed by atoms with Crippen molar-refractivity contribution in [2.24, 2.45) is 11.0 Å². The number of azide groups is 1. The molecule has 0 aliphatic carbocycles. The van der Waals surface area contributed by atoms with Gasteiger partial charge >= 0.3 is 0 Å². The van der Waals surface area contributed by atoms with Gasteiger partial charge in [-0.05, 0) is 27.4 Å². The van der Waals surface area contributed by atoms with Crippen LogP contribution in [0.3, 0.4) is 0 Å². The van der Waals surface area contributed by atoms with Gasteiger partial charge in [-0.25, -0.2) is 9.97 Å². The zero-order valence-electron chi connectivity index (χ0n) is 10.2. The van der Waals surface area contributed by atoms with Gasteiger partial charge in [-0.3, -0.25) is 9.69 Å². The normalized spacial score (nSPS) is 18.3. The van der Waals surface area contributed by atoms with Gasteiger partial charge in [-0.2, -0.15) is 0 Å². The van der Waals surface area contributed by atoms with Crippen molar-refractivity contribution in [2.45, 2.75) is 6.42 Å². The summed E-state index contributed by atoms with van der Waals surface area (Å²) in [5.74, 6) is 0.595. The van der Waals surface area contributed by atoms with Gasteiger partial charge in [-0.1, -0.05) is 5.11 Å². The van der Waals surface area contributed by atoms with Crippen LogP contribution in [0.25, 0.3) is 10.4 Å². The molecular weight excluding hydrogens is 316 g/mol. The molecule has 0 N–H and O–H groups in total. The summed E-state index contributed by atoms with van der Waals surface area (Å²) in [6.45, 7) is 0.746. The Hall–Kier alpha value is -1.86. The van der Waals surface area contributed by atoms with Gasteiger partial charge in [0.25, 0.3) is 5.88 Å². The third-order valence-corrected chi connectivity index (χ3v) is 3.13. The summed E-state index contributed by atoms with van der Waals surface area (Å²) in [7, 11) is 1.47. The third kappa shape index (κ3) is 2.94. The van der Waals surface area contributed by atoms with Crippen molar-refractivity contribution < 1.29 is 9.53 Å². The second-order valence-corrected chi connectivity index (χ2v) is 4.83. The summed E-state index contributed by atoms with van der Waals surface area (Å²) >= 11 is 3.19. The molecule has 19 heavy (non-hydrogen) atoms. The van der Waals surface area contributed by atoms with Crippen molar-refractivity contribution in [1.82, 2.24) is 9.97 Å². The van der Waals surface area contributed by atoms with Gasteiger partial charge < -0.3 is 4.74 Å². The van der Waals surface area contributed by atoms with Gasteiger partial charge in [-0.15, -0.1) is 0 Å². The first-order valence-electron chi connectivity index (χ1n) is 5.53. The Morgan fingerprint density at radius 1 is 1.74 bits per heavy atom. The lowest BCUT2D eigenvalue weighted by Crippen LogP contribution is -2.26. The maximum absolute atomic E-state index is 12.0. The molecule has 1 aromatic rings. The van der Waals surface area contributed by atoms with Gasteiger partial charge in [0.2, 0.25) is 5.91 Å². The van der Waals surface area contributed by atoms with E-state index >= 15 is 0 Å². The van der Waals surface area contributed by atoms with Crippen molar-refractivity contribution in [3.63, 3.8) is 0 Å². The van der Waals surface area contributed by atoms with Gasteiger partial charge in [0, 0.05) is 24.4 Å². The molecule has 1 aliphatic heterocycles. The van der Waals surface area contributed by atoms with Crippen molar-refractivity contribution in [1.29, 1.82) is 0 Å². The molecule has 1 aliphatic rings. The molecule has 0 aromatic carbocycles. The maximum atomic E-state index is 12.0. The number of halogens is 1. The second kappa shape index (κ2) is 5.85. The number of ether oxygens (including phenoxy) is 1. The molecule has 2 rings (SSSR count). The number of methoxy groups -OCH3 is 1. The van der Waals surface area contributed by atoms with E-state index in [1.54, 1.807) is 0 Å². The molecule has 0 saturated carbocycles. The van der Waals surface area contributed by atoms with Crippen LogP contribution in [-0.2, 0) is 4.79 Å². The number of hydrogen-bond acceptors (Lipinski definition) is 5. The summed E-state index contributed by atoms with van der Waals surface area (Å²) in [5.41, 5.74) is 8.30. The van der Waals surface area contributed by atoms with Crippen molar-refractivity contribution in [3.8, 4) is 5.88 Å². The molecule has 1 atom stereocenters. The average Bonchev–Trinajstić information content (AvgIpc) is 2.77. The summed E-state index contributed by atoms with van der Waals surface area (Å²) < 4.78 is 5.66. The number of carbonyl (C=O) groups is 1. The van der Waals surface area contributed by atoms with Crippen LogP contribution in [0.15, 0.2) is 15.9 Å². The van der Waals surface area contributed by atoms with E-state index in [0.29, 0.717) is 29.9 Å². The second-order valence-electron chi connectivity index (χ2n) is 4.01. The van der Waals surface area contributed by atoms with Crippen LogP contribution in [0.1, 0.15) is 6.42 Å². The van der Waals surface area contributed by atoms with Crippen LogP contribution >= 0.6 is 15.9 Å². The number of carbonyl (C=O) groups excluding carboxylic acids is 1. The lowest BCUT2D eigenvalue weighted by Gasteiger charge is -2.17. The van der Waals surface area contributed by atoms with Gasteiger partial charge in [0.05, 0.1) is 13.3 Å². The van der Waals surface area contributed by atoms with Crippen molar-refractivity contribution in [2.75, 3.05) is 25.1 Å². The molecule has 9 heteroatoms. The first-order chi connectivity index (χ1) is 9.15. The maximum Gasteiger partial charge on any atom is 0.258 e. The Kier molecular flexibility index (Phi) is 4.18. The van der Waals surface area contributed by atoms with E-state index in [4.69, 9.17) is 10.3 Å². The van der Waals surface area contributed by atoms with Crippen LogP contribution in [0.4, 0.5) is 5.82 Å². The number of aromatic nitrogens is 2. The number of anilines is 1. The molecule has 1 saturated heterocycles. The van der Waals surface area contributed by atoms with E-state index in [-0.39, 0.29) is 17.7 Å². The Morgan fingerprint density at radius 2 is 2.53 bits per heavy atom. The molecule has 100 valence electrons. The van der Waals surface area contributed by atoms with Crippen molar-refractivity contribution in [3.05, 3.63) is 21.2 Å². The van der Waals surface area contributed by atoms with Crippen LogP contribution in [-0.4, -0.2) is 36.1 Å². The quantitative estimate of drug-likeness (QED) is 0.478. The standard InChI is InChI=1S/C10H11BrN6O2/c1-19-10-9(13-4-7(11)15-10)17-5-6(2-8(17)18)3-14-16-12/h4,6H,2-3,5H2,1H3. The Labute approximate surface area is 117 Å². The molecule has 1 aromatic heterocycles. The molecular formula is C10H11BrN6O2. The zero-order chi connectivity index (χ0) is 13.8. The minimum absolute atomic E-state index is 0.00134. The highest BCUT2D eigenvalue weighted by molar-refractivity contribution is 9.10. The van der Waals surface area contributed by atoms with Crippen LogP contribution in [0, 0.1) is 5.92 Å². The van der Waals surface area contributed by atoms with E-state index in [9.17, 15) is 4.79 Å². The Morgan fingerprint density at radius 3 is 3.21 bits per heavy atom. The highest BCUT2D eigenvalue weighted by atomic mass is 79.9. The Balaban J connectivity index is 2.22. The molecule has 1 amide bonds. The van der Waals surface area contributed by atoms with E-state index < -0.39 is 0 Å². The predicted molar refractivity (Wildman–Crippen MR) is 70.8 cm³/mol. The van der Waals surface area contributed by atoms with Crippen LogP contribution in [0.5, 0.6) is 5.88 Å². The van der Waals surface area contributed by atoms with E-state index in [1.807, 2.05) is 0 Å². The topological polar surface area (TPSA) is 104 Å². The first kappa shape index (κ1) is 13.6. The lowest BCUT2D eigenvalue weighted by atomic mass is 10.1. The highest BCUT2D eigenvalue weighted by Gasteiger charge is 2.33. The molecule has 0 bridgehead atoms. The fourth-order valence-electron chi connectivity index (χ4n) is 1.93. The third-order valence-electron chi connectivity index (χ3n) is 2.75. The molecule has 1 unspecified atom stereocenters. The minimum atomic E-state index is -0.0759. The summed E-state index contributed by atoms with van der Waals surface area (Å²) in [6, 6.07) is 0. The largest absolute Gasteiger partial charge is 0.478 e. The van der Waals surface area contributed by atoms with Gasteiger partial charge in [0.1, 0.15) is 4.60 Å². The predicted octanol–water partition coefficient (Wildman–Crippen LogP) is 1.91. The number of hydrogen-bond donors (Lipinski definition) is 0. The average molecular weight is 327 g/mol. The monoisotopic (exact) mass is 326 g/mol. The van der Waals surface area contributed by atoms with E-state index in [0.717, 1.165) is 0 Å². The number of nitrogens with zero attached hydrogens (tertiary/aromatic N) is 6. The molecule has 1 fully saturated rings. The smallest absolute Gasteiger partial charge is 0.258 e. The van der Waals surface area contributed by atoms with Crippen molar-refractivity contribution >= 4 is 27.7 Å². The van der Waals surface area contributed by atoms with Crippen LogP contribution in [0.2, 0.25) is 0 Å². The SMILES string of the molecule is COc1nc(Br)cnc1N1CC(CN=[N+]=[N-])CC1=O. The number of amides is 1. The van der Waals surface area contributed by atoms with Gasteiger partial charge in [0.15, 0.2) is 5.82 Å². The summed E-state index contributed by atoms with van der Waals surface area (Å²) in [6.07, 6.45) is 1.84. The van der Waals surface area contributed by atoms with Crippen LogP contribution < -0.4 is 9.64 Å². The lowest BCUT2D eigenvalue weighted by molar-refractivity contribution is -0.117. The minimum Gasteiger partial charge on any atom is -0.478 e. The fraction of sp³-hybridized carbons (Fsp3) is 0.500. The number of rotatable bonds is 4. The molecule has 0 spiro atoms.